The van der Waals surface area contributed by atoms with Crippen LogP contribution in [-0.2, 0) is 0 Å². The molecular formula is C14H12Cl2FNO. The molecule has 0 amide bonds. The summed E-state index contributed by atoms with van der Waals surface area (Å²) in [7, 11) is 1.50. The van der Waals surface area contributed by atoms with E-state index in [4.69, 9.17) is 33.7 Å². The molecule has 2 aromatic rings. The Morgan fingerprint density at radius 2 is 1.79 bits per heavy atom. The second-order valence-electron chi connectivity index (χ2n) is 4.00. The Morgan fingerprint density at radius 3 is 2.37 bits per heavy atom. The third kappa shape index (κ3) is 2.84. The lowest BCUT2D eigenvalue weighted by Crippen LogP contribution is -2.14. The van der Waals surface area contributed by atoms with Gasteiger partial charge in [0.25, 0.3) is 0 Å². The fourth-order valence-corrected chi connectivity index (χ4v) is 2.54. The molecule has 0 radical (unpaired) electrons. The van der Waals surface area contributed by atoms with E-state index in [1.54, 1.807) is 18.2 Å². The first-order valence-electron chi connectivity index (χ1n) is 5.57. The molecule has 2 nitrogen and oxygen atoms in total. The van der Waals surface area contributed by atoms with Crippen LogP contribution in [-0.4, -0.2) is 7.11 Å². The molecule has 1 atom stereocenters. The lowest BCUT2D eigenvalue weighted by molar-refractivity contribution is 0.406. The van der Waals surface area contributed by atoms with Crippen LogP contribution in [0.5, 0.6) is 5.75 Å². The normalized spacial score (nSPS) is 12.3. The van der Waals surface area contributed by atoms with E-state index in [0.29, 0.717) is 26.9 Å². The first-order chi connectivity index (χ1) is 9.04. The van der Waals surface area contributed by atoms with Gasteiger partial charge in [-0.2, -0.15) is 0 Å². The zero-order valence-electron chi connectivity index (χ0n) is 10.2. The number of benzene rings is 2. The van der Waals surface area contributed by atoms with Gasteiger partial charge in [0.2, 0.25) is 0 Å². The minimum absolute atomic E-state index is 0.394. The number of ether oxygens (including phenoxy) is 1. The molecule has 2 rings (SSSR count). The van der Waals surface area contributed by atoms with Crippen molar-refractivity contribution in [2.24, 2.45) is 5.73 Å². The van der Waals surface area contributed by atoms with E-state index >= 15 is 0 Å². The monoisotopic (exact) mass is 299 g/mol. The van der Waals surface area contributed by atoms with Crippen molar-refractivity contribution < 1.29 is 9.13 Å². The van der Waals surface area contributed by atoms with Crippen LogP contribution in [0.25, 0.3) is 0 Å². The van der Waals surface area contributed by atoms with Crippen molar-refractivity contribution in [1.82, 2.24) is 0 Å². The van der Waals surface area contributed by atoms with Crippen molar-refractivity contribution in [3.63, 3.8) is 0 Å². The van der Waals surface area contributed by atoms with Crippen LogP contribution in [0.1, 0.15) is 17.2 Å². The minimum Gasteiger partial charge on any atom is -0.496 e. The number of rotatable bonds is 3. The highest BCUT2D eigenvalue weighted by atomic mass is 35.5. The third-order valence-corrected chi connectivity index (χ3v) is 3.50. The molecule has 100 valence electrons. The van der Waals surface area contributed by atoms with E-state index in [-0.39, 0.29) is 0 Å². The van der Waals surface area contributed by atoms with Gasteiger partial charge in [-0.05, 0) is 30.3 Å². The maximum absolute atomic E-state index is 13.4. The van der Waals surface area contributed by atoms with Crippen molar-refractivity contribution in [2.75, 3.05) is 7.11 Å². The second-order valence-corrected chi connectivity index (χ2v) is 4.81. The fraction of sp³-hybridized carbons (Fsp3) is 0.143. The highest BCUT2D eigenvalue weighted by Gasteiger charge is 2.20. The van der Waals surface area contributed by atoms with Gasteiger partial charge in [-0.3, -0.25) is 0 Å². The van der Waals surface area contributed by atoms with Crippen LogP contribution in [0.4, 0.5) is 4.39 Å². The Hall–Kier alpha value is -1.29. The fourth-order valence-electron chi connectivity index (χ4n) is 1.91. The van der Waals surface area contributed by atoms with E-state index in [2.05, 4.69) is 0 Å². The van der Waals surface area contributed by atoms with Crippen LogP contribution in [0.15, 0.2) is 36.4 Å². The maximum atomic E-state index is 13.4. The van der Waals surface area contributed by atoms with Crippen molar-refractivity contribution in [3.05, 3.63) is 63.4 Å². The van der Waals surface area contributed by atoms with Crippen LogP contribution in [0.2, 0.25) is 10.0 Å². The lowest BCUT2D eigenvalue weighted by Gasteiger charge is -2.18. The van der Waals surface area contributed by atoms with Crippen molar-refractivity contribution in [3.8, 4) is 5.75 Å². The summed E-state index contributed by atoms with van der Waals surface area (Å²) in [4.78, 5) is 0. The summed E-state index contributed by atoms with van der Waals surface area (Å²) >= 11 is 12.2. The van der Waals surface area contributed by atoms with E-state index in [0.717, 1.165) is 0 Å². The van der Waals surface area contributed by atoms with Crippen LogP contribution in [0, 0.1) is 5.82 Å². The molecule has 2 N–H and O–H groups in total. The molecule has 19 heavy (non-hydrogen) atoms. The summed E-state index contributed by atoms with van der Waals surface area (Å²) < 4.78 is 18.6. The average molecular weight is 300 g/mol. The summed E-state index contributed by atoms with van der Waals surface area (Å²) in [5.41, 5.74) is 7.20. The van der Waals surface area contributed by atoms with Gasteiger partial charge in [0.05, 0.1) is 13.2 Å². The molecule has 0 aliphatic heterocycles. The lowest BCUT2D eigenvalue weighted by atomic mass is 9.98. The van der Waals surface area contributed by atoms with E-state index in [1.807, 2.05) is 0 Å². The van der Waals surface area contributed by atoms with Crippen LogP contribution < -0.4 is 10.5 Å². The molecule has 2 aromatic carbocycles. The largest absolute Gasteiger partial charge is 0.496 e. The van der Waals surface area contributed by atoms with Gasteiger partial charge in [-0.25, -0.2) is 4.39 Å². The molecule has 0 saturated heterocycles. The zero-order chi connectivity index (χ0) is 14.0. The number of nitrogens with two attached hydrogens (primary N) is 1. The van der Waals surface area contributed by atoms with Crippen LogP contribution in [0.3, 0.4) is 0 Å². The van der Waals surface area contributed by atoms with Crippen molar-refractivity contribution in [2.45, 2.75) is 6.04 Å². The summed E-state index contributed by atoms with van der Waals surface area (Å²) in [6.45, 7) is 0. The molecule has 5 heteroatoms. The molecule has 0 fully saturated rings. The summed E-state index contributed by atoms with van der Waals surface area (Å²) in [5.74, 6) is 0.0966. The number of hydrogen-bond acceptors (Lipinski definition) is 2. The van der Waals surface area contributed by atoms with Gasteiger partial charge >= 0.3 is 0 Å². The maximum Gasteiger partial charge on any atom is 0.124 e. The number of hydrogen-bond donors (Lipinski definition) is 1. The molecule has 0 bridgehead atoms. The molecule has 0 aliphatic rings. The first-order valence-corrected chi connectivity index (χ1v) is 6.33. The Morgan fingerprint density at radius 1 is 1.16 bits per heavy atom. The Balaban J connectivity index is 2.55. The smallest absolute Gasteiger partial charge is 0.124 e. The van der Waals surface area contributed by atoms with E-state index < -0.39 is 11.9 Å². The van der Waals surface area contributed by atoms with E-state index in [9.17, 15) is 4.39 Å². The standard InChI is InChI=1S/C14H12Cl2FNO/c1-19-12-6-5-8(17)7-9(12)14(18)13-10(15)3-2-4-11(13)16/h2-7,14H,18H2,1H3. The average Bonchev–Trinajstić information content (AvgIpc) is 2.38. The Bertz CT molecular complexity index is 584. The van der Waals surface area contributed by atoms with Gasteiger partial charge < -0.3 is 10.5 Å². The summed E-state index contributed by atoms with van der Waals surface area (Å²) in [5, 5.41) is 0.873. The number of methoxy groups -OCH3 is 1. The van der Waals surface area contributed by atoms with Gasteiger partial charge in [-0.1, -0.05) is 29.3 Å². The van der Waals surface area contributed by atoms with Crippen LogP contribution >= 0.6 is 23.2 Å². The van der Waals surface area contributed by atoms with Gasteiger partial charge in [0.1, 0.15) is 11.6 Å². The van der Waals surface area contributed by atoms with E-state index in [1.165, 1.54) is 25.3 Å². The van der Waals surface area contributed by atoms with Gasteiger partial charge in [0, 0.05) is 21.2 Å². The predicted molar refractivity (Wildman–Crippen MR) is 75.4 cm³/mol. The molecule has 1 unspecified atom stereocenters. The quantitative estimate of drug-likeness (QED) is 0.922. The van der Waals surface area contributed by atoms with Crippen molar-refractivity contribution in [1.29, 1.82) is 0 Å². The highest BCUT2D eigenvalue weighted by Crippen LogP contribution is 2.36. The SMILES string of the molecule is COc1ccc(F)cc1C(N)c1c(Cl)cccc1Cl. The highest BCUT2D eigenvalue weighted by molar-refractivity contribution is 6.36. The topological polar surface area (TPSA) is 35.2 Å². The summed E-state index contributed by atoms with van der Waals surface area (Å²) in [6.07, 6.45) is 0. The molecular weight excluding hydrogens is 288 g/mol. The van der Waals surface area contributed by atoms with Gasteiger partial charge in [-0.15, -0.1) is 0 Å². The summed E-state index contributed by atoms with van der Waals surface area (Å²) in [6, 6.07) is 8.60. The first kappa shape index (κ1) is 14.1. The molecule has 0 heterocycles. The third-order valence-electron chi connectivity index (χ3n) is 2.84. The number of halogens is 3. The minimum atomic E-state index is -0.660. The molecule has 0 saturated carbocycles. The predicted octanol–water partition coefficient (Wildman–Crippen LogP) is 4.19. The second kappa shape index (κ2) is 5.78. The molecule has 0 aliphatic carbocycles. The Labute approximate surface area is 120 Å². The van der Waals surface area contributed by atoms with Crippen molar-refractivity contribution >= 4 is 23.2 Å². The molecule has 0 spiro atoms. The van der Waals surface area contributed by atoms with Gasteiger partial charge in [0.15, 0.2) is 0 Å². The zero-order valence-corrected chi connectivity index (χ0v) is 11.7. The molecule has 0 aromatic heterocycles. The Kier molecular flexibility index (Phi) is 4.30.